The predicted molar refractivity (Wildman–Crippen MR) is 181 cm³/mol. The molecule has 1 saturated heterocycles. The maximum Gasteiger partial charge on any atom is 0.481 e. The van der Waals surface area contributed by atoms with Crippen LogP contribution in [0, 0.1) is 5.41 Å². The number of Topliss-reactive ketones (excluding diaryl/α,β-unsaturated/α-hetero) is 1. The van der Waals surface area contributed by atoms with Crippen molar-refractivity contribution in [1.29, 1.82) is 0 Å². The molecule has 0 saturated carbocycles. The van der Waals surface area contributed by atoms with Crippen LogP contribution in [0.25, 0.3) is 11.2 Å². The molecule has 55 heavy (non-hydrogen) atoms. The summed E-state index contributed by atoms with van der Waals surface area (Å²) in [5.41, 5.74) is 2.22. The summed E-state index contributed by atoms with van der Waals surface area (Å²) in [6, 6.07) is 0. The van der Waals surface area contributed by atoms with Gasteiger partial charge in [-0.15, -0.1) is 0 Å². The van der Waals surface area contributed by atoms with Crippen LogP contribution < -0.4 is 16.4 Å². The second-order valence-corrected chi connectivity index (χ2v) is 17.1. The molecule has 2 aromatic heterocycles. The number of fused-ring (bicyclic) bond motifs is 1. The number of amides is 2. The number of carboxylic acid groups (broad SMARTS) is 1. The molecular formula is C26H42N7O19P3. The number of nitrogens with one attached hydrogen (secondary N) is 2. The topological polar surface area (TPSA) is 401 Å². The van der Waals surface area contributed by atoms with E-state index in [1.807, 2.05) is 0 Å². The van der Waals surface area contributed by atoms with Gasteiger partial charge in [-0.25, -0.2) is 28.6 Å². The summed E-state index contributed by atoms with van der Waals surface area (Å²) in [6.07, 6.45) is -6.34. The van der Waals surface area contributed by atoms with Crippen LogP contribution >= 0.6 is 23.5 Å². The second kappa shape index (κ2) is 18.3. The molecule has 1 aliphatic heterocycles. The van der Waals surface area contributed by atoms with E-state index in [-0.39, 0.29) is 61.5 Å². The van der Waals surface area contributed by atoms with E-state index in [0.717, 1.165) is 17.2 Å². The Morgan fingerprint density at radius 3 is 2.27 bits per heavy atom. The van der Waals surface area contributed by atoms with Crippen LogP contribution in [-0.4, -0.2) is 129 Å². The number of rotatable bonds is 22. The van der Waals surface area contributed by atoms with Gasteiger partial charge < -0.3 is 56.0 Å². The highest BCUT2D eigenvalue weighted by Gasteiger charge is 2.57. The number of nitrogens with two attached hydrogens (primary N) is 1. The molecule has 29 heteroatoms. The summed E-state index contributed by atoms with van der Waals surface area (Å²) >= 11 is 0. The van der Waals surface area contributed by atoms with Crippen molar-refractivity contribution in [2.45, 2.75) is 76.6 Å². The molecule has 3 heterocycles. The van der Waals surface area contributed by atoms with Crippen molar-refractivity contribution in [3.05, 3.63) is 12.7 Å². The highest BCUT2D eigenvalue weighted by molar-refractivity contribution is 7.61. The Morgan fingerprint density at radius 2 is 1.64 bits per heavy atom. The van der Waals surface area contributed by atoms with E-state index in [1.54, 1.807) is 0 Å². The van der Waals surface area contributed by atoms with Crippen molar-refractivity contribution < 1.29 is 90.4 Å². The fourth-order valence-electron chi connectivity index (χ4n) is 4.97. The van der Waals surface area contributed by atoms with Crippen LogP contribution in [0.1, 0.15) is 46.5 Å². The molecule has 0 spiro atoms. The summed E-state index contributed by atoms with van der Waals surface area (Å²) < 4.78 is 62.4. The van der Waals surface area contributed by atoms with Crippen LogP contribution in [-0.2, 0) is 61.2 Å². The lowest BCUT2D eigenvalue weighted by atomic mass is 9.87. The van der Waals surface area contributed by atoms with Gasteiger partial charge in [-0.1, -0.05) is 13.8 Å². The molecule has 26 nitrogen and oxygen atoms in total. The van der Waals surface area contributed by atoms with Crippen LogP contribution in [0.5, 0.6) is 0 Å². The Morgan fingerprint density at radius 1 is 1.00 bits per heavy atom. The van der Waals surface area contributed by atoms with Crippen LogP contribution in [0.4, 0.5) is 5.82 Å². The molecule has 0 aliphatic carbocycles. The highest BCUT2D eigenvalue weighted by Crippen LogP contribution is 2.61. The minimum atomic E-state index is -5.61. The van der Waals surface area contributed by atoms with Crippen molar-refractivity contribution >= 4 is 64.0 Å². The molecule has 7 unspecified atom stereocenters. The number of aliphatic hydroxyl groups is 2. The second-order valence-electron chi connectivity index (χ2n) is 12.8. The standard InChI is InChI=1S/C26H42N7O19P3/c1-25(2,21(39)24(40)29-9-7-16(35)28-8-6-14(34)4-5-17(36)37)11-49-55(46,47)52-54(44,45)48-10-15-19(51-53(41,42)43)20(38)26(3,50-15)33-13-32-18-22(27)30-12-31-23(18)33/h12-13,15,19-21,38-39H,4-11H2,1-3H3,(H,28,35)(H,29,40)(H,36,37)(H,44,45)(H,46,47)(H2,27,30,31)(H2,41,42,43). The number of aromatic nitrogens is 4. The van der Waals surface area contributed by atoms with Gasteiger partial charge in [0.1, 0.15) is 42.0 Å². The SMILES string of the molecule is CC(C)(COP(=O)(O)OP(=O)(O)OCC1OC(C)(n2cnc3c(N)ncnc32)C(O)C1OP(=O)(O)O)C(O)C(=O)NCCC(=O)NCCC(=O)CCC(=O)O. The van der Waals surface area contributed by atoms with Crippen molar-refractivity contribution in [3.63, 3.8) is 0 Å². The number of carbonyl (C=O) groups is 4. The molecule has 0 radical (unpaired) electrons. The number of carboxylic acids is 1. The predicted octanol–water partition coefficient (Wildman–Crippen LogP) is -1.60. The number of nitrogens with zero attached hydrogens (tertiary/aromatic N) is 4. The lowest BCUT2D eigenvalue weighted by Crippen LogP contribution is -2.46. The number of phosphoric ester groups is 3. The van der Waals surface area contributed by atoms with Gasteiger partial charge in [-0.05, 0) is 6.92 Å². The average Bonchev–Trinajstić information content (AvgIpc) is 3.61. The average molecular weight is 850 g/mol. The van der Waals surface area contributed by atoms with Crippen LogP contribution in [0.3, 0.4) is 0 Å². The number of imidazole rings is 1. The Hall–Kier alpha value is -3.32. The third-order valence-electron chi connectivity index (χ3n) is 7.91. The fraction of sp³-hybridized carbons (Fsp3) is 0.654. The molecule has 310 valence electrons. The van der Waals surface area contributed by atoms with E-state index in [1.165, 1.54) is 20.8 Å². The maximum atomic E-state index is 12.7. The van der Waals surface area contributed by atoms with E-state index >= 15 is 0 Å². The van der Waals surface area contributed by atoms with Crippen molar-refractivity contribution in [3.8, 4) is 0 Å². The molecule has 11 N–H and O–H groups in total. The smallest absolute Gasteiger partial charge is 0.481 e. The summed E-state index contributed by atoms with van der Waals surface area (Å²) in [7, 11) is -16.5. The van der Waals surface area contributed by atoms with Gasteiger partial charge in [0.15, 0.2) is 17.2 Å². The Bertz CT molecular complexity index is 1870. The molecule has 0 bridgehead atoms. The van der Waals surface area contributed by atoms with Crippen LogP contribution in [0.15, 0.2) is 12.7 Å². The zero-order valence-corrected chi connectivity index (χ0v) is 32.0. The fourth-order valence-corrected chi connectivity index (χ4v) is 7.78. The Balaban J connectivity index is 1.54. The number of nitrogen functional groups attached to an aromatic ring is 1. The van der Waals surface area contributed by atoms with Gasteiger partial charge in [0.25, 0.3) is 0 Å². The van der Waals surface area contributed by atoms with Gasteiger partial charge in [0.2, 0.25) is 11.8 Å². The van der Waals surface area contributed by atoms with Crippen molar-refractivity contribution in [2.24, 2.45) is 5.41 Å². The summed E-state index contributed by atoms with van der Waals surface area (Å²) in [5.74, 6) is -3.17. The molecule has 7 atom stereocenters. The Kier molecular flexibility index (Phi) is 15.3. The number of aliphatic hydroxyl groups excluding tert-OH is 2. The van der Waals surface area contributed by atoms with Gasteiger partial charge in [-0.2, -0.15) is 4.31 Å². The largest absolute Gasteiger partial charge is 0.481 e. The minimum Gasteiger partial charge on any atom is -0.481 e. The summed E-state index contributed by atoms with van der Waals surface area (Å²) in [4.78, 5) is 97.7. The third-order valence-corrected chi connectivity index (χ3v) is 11.0. The van der Waals surface area contributed by atoms with Gasteiger partial charge >= 0.3 is 29.4 Å². The normalized spacial score (nSPS) is 23.1. The maximum absolute atomic E-state index is 12.7. The van der Waals surface area contributed by atoms with Gasteiger partial charge in [0, 0.05) is 37.8 Å². The minimum absolute atomic E-state index is 0.00683. The van der Waals surface area contributed by atoms with Gasteiger partial charge in [0.05, 0.1) is 26.0 Å². The number of carbonyl (C=O) groups excluding carboxylic acids is 3. The molecule has 1 fully saturated rings. The number of hydrogen-bond donors (Lipinski definition) is 10. The van der Waals surface area contributed by atoms with E-state index in [0.29, 0.717) is 0 Å². The zero-order valence-electron chi connectivity index (χ0n) is 29.4. The number of aliphatic carboxylic acids is 1. The molecule has 0 aromatic carbocycles. The molecule has 2 amide bonds. The highest BCUT2D eigenvalue weighted by atomic mass is 31.3. The first-order chi connectivity index (χ1) is 25.3. The van der Waals surface area contributed by atoms with E-state index < -0.39 is 90.0 Å². The molecular weight excluding hydrogens is 807 g/mol. The quantitative estimate of drug-likeness (QED) is 0.0597. The lowest BCUT2D eigenvalue weighted by molar-refractivity contribution is -0.138. The number of anilines is 1. The number of phosphoric acid groups is 3. The summed E-state index contributed by atoms with van der Waals surface area (Å²) in [5, 5.41) is 34.9. The van der Waals surface area contributed by atoms with E-state index in [2.05, 4.69) is 34.4 Å². The molecule has 1 aliphatic rings. The van der Waals surface area contributed by atoms with E-state index in [4.69, 9.17) is 24.6 Å². The lowest BCUT2D eigenvalue weighted by Gasteiger charge is -2.30. The van der Waals surface area contributed by atoms with Crippen molar-refractivity contribution in [1.82, 2.24) is 30.2 Å². The first-order valence-electron chi connectivity index (χ1n) is 15.9. The first-order valence-corrected chi connectivity index (χ1v) is 20.4. The third kappa shape index (κ3) is 13.1. The first kappa shape index (κ1) is 46.1. The van der Waals surface area contributed by atoms with Gasteiger partial charge in [-0.3, -0.25) is 37.3 Å². The summed E-state index contributed by atoms with van der Waals surface area (Å²) in [6.45, 7) is 1.23. The molecule has 3 rings (SSSR count). The zero-order chi connectivity index (χ0) is 41.6. The monoisotopic (exact) mass is 849 g/mol. The van der Waals surface area contributed by atoms with E-state index in [9.17, 15) is 62.7 Å². The molecule has 2 aromatic rings. The number of hydrogen-bond acceptors (Lipinski definition) is 18. The number of ketones is 1. The Labute approximate surface area is 311 Å². The van der Waals surface area contributed by atoms with Crippen LogP contribution in [0.2, 0.25) is 0 Å². The number of ether oxygens (including phenoxy) is 1. The van der Waals surface area contributed by atoms with Crippen molar-refractivity contribution in [2.75, 3.05) is 32.0 Å².